The molecule has 0 unspecified atom stereocenters. The highest BCUT2D eigenvalue weighted by molar-refractivity contribution is 7.17. The van der Waals surface area contributed by atoms with E-state index in [9.17, 15) is 4.79 Å². The largest absolute Gasteiger partial charge is 0.292 e. The van der Waals surface area contributed by atoms with Crippen molar-refractivity contribution in [2.45, 2.75) is 13.5 Å². The number of fused-ring (bicyclic) bond motifs is 1. The van der Waals surface area contributed by atoms with E-state index in [1.165, 1.54) is 11.3 Å². The fourth-order valence-corrected chi connectivity index (χ4v) is 2.77. The molecule has 0 aliphatic carbocycles. The normalized spacial score (nSPS) is 11.2. The zero-order chi connectivity index (χ0) is 12.7. The number of aromatic nitrogens is 4. The van der Waals surface area contributed by atoms with Crippen molar-refractivity contribution in [3.8, 4) is 0 Å². The summed E-state index contributed by atoms with van der Waals surface area (Å²) in [5, 5.41) is 6.16. The molecule has 0 N–H and O–H groups in total. The highest BCUT2D eigenvalue weighted by Crippen LogP contribution is 2.13. The fraction of sp³-hybridized carbons (Fsp3) is 0.250. The van der Waals surface area contributed by atoms with Gasteiger partial charge in [0, 0.05) is 7.05 Å². The van der Waals surface area contributed by atoms with Gasteiger partial charge < -0.3 is 0 Å². The van der Waals surface area contributed by atoms with E-state index >= 15 is 0 Å². The molecule has 6 heteroatoms. The van der Waals surface area contributed by atoms with E-state index in [2.05, 4.69) is 10.1 Å². The zero-order valence-corrected chi connectivity index (χ0v) is 10.9. The van der Waals surface area contributed by atoms with Gasteiger partial charge >= 0.3 is 0 Å². The van der Waals surface area contributed by atoms with Gasteiger partial charge in [-0.15, -0.1) is 11.3 Å². The maximum atomic E-state index is 12.2. The van der Waals surface area contributed by atoms with Crippen molar-refractivity contribution in [2.75, 3.05) is 0 Å². The molecule has 3 aromatic heterocycles. The maximum Gasteiger partial charge on any atom is 0.271 e. The van der Waals surface area contributed by atoms with Crippen LogP contribution in [0.1, 0.15) is 11.4 Å². The first-order valence-corrected chi connectivity index (χ1v) is 6.45. The standard InChI is InChI=1S/C12H12N4OS/c1-8-5-9(15(2)14-8)6-16-7-13-10-3-4-18-11(10)12(16)17/h3-5,7H,6H2,1-2H3. The van der Waals surface area contributed by atoms with Gasteiger partial charge in [0.1, 0.15) is 4.70 Å². The van der Waals surface area contributed by atoms with Gasteiger partial charge in [-0.2, -0.15) is 5.10 Å². The van der Waals surface area contributed by atoms with Gasteiger partial charge in [-0.1, -0.05) is 0 Å². The Balaban J connectivity index is 2.07. The number of nitrogens with zero attached hydrogens (tertiary/aromatic N) is 4. The molecule has 5 nitrogen and oxygen atoms in total. The van der Waals surface area contributed by atoms with Crippen LogP contribution in [0.4, 0.5) is 0 Å². The molecule has 3 heterocycles. The number of hydrogen-bond acceptors (Lipinski definition) is 4. The van der Waals surface area contributed by atoms with E-state index in [1.54, 1.807) is 15.6 Å². The molecule has 0 saturated carbocycles. The molecular weight excluding hydrogens is 248 g/mol. The highest BCUT2D eigenvalue weighted by Gasteiger charge is 2.08. The first-order valence-electron chi connectivity index (χ1n) is 5.57. The first-order chi connectivity index (χ1) is 8.65. The lowest BCUT2D eigenvalue weighted by Crippen LogP contribution is -2.21. The summed E-state index contributed by atoms with van der Waals surface area (Å²) in [5.41, 5.74) is 2.72. The molecule has 0 fully saturated rings. The molecule has 0 atom stereocenters. The molecule has 0 aliphatic rings. The van der Waals surface area contributed by atoms with Crippen LogP contribution in [0.25, 0.3) is 10.2 Å². The highest BCUT2D eigenvalue weighted by atomic mass is 32.1. The monoisotopic (exact) mass is 260 g/mol. The number of aryl methyl sites for hydroxylation is 2. The average Bonchev–Trinajstić information content (AvgIpc) is 2.90. The number of thiophene rings is 1. The maximum absolute atomic E-state index is 12.2. The smallest absolute Gasteiger partial charge is 0.271 e. The molecule has 0 saturated heterocycles. The van der Waals surface area contributed by atoms with Crippen LogP contribution in [0, 0.1) is 6.92 Å². The molecular formula is C12H12N4OS. The minimum absolute atomic E-state index is 0.00820. The van der Waals surface area contributed by atoms with Crippen LogP contribution in [0.3, 0.4) is 0 Å². The molecule has 0 radical (unpaired) electrons. The Bertz CT molecular complexity index is 768. The summed E-state index contributed by atoms with van der Waals surface area (Å²) >= 11 is 1.43. The van der Waals surface area contributed by atoms with E-state index < -0.39 is 0 Å². The topological polar surface area (TPSA) is 52.7 Å². The number of rotatable bonds is 2. The SMILES string of the molecule is Cc1cc(Cn2cnc3ccsc3c2=O)n(C)n1. The Morgan fingerprint density at radius 1 is 1.44 bits per heavy atom. The van der Waals surface area contributed by atoms with E-state index in [1.807, 2.05) is 31.5 Å². The first kappa shape index (κ1) is 11.2. The van der Waals surface area contributed by atoms with Crippen LogP contribution < -0.4 is 5.56 Å². The number of hydrogen-bond donors (Lipinski definition) is 0. The third-order valence-corrected chi connectivity index (χ3v) is 3.76. The molecule has 92 valence electrons. The van der Waals surface area contributed by atoms with Gasteiger partial charge in [0.25, 0.3) is 5.56 Å². The van der Waals surface area contributed by atoms with Crippen molar-refractivity contribution in [1.82, 2.24) is 19.3 Å². The van der Waals surface area contributed by atoms with E-state index in [0.717, 1.165) is 16.9 Å². The Labute approximate surface area is 107 Å². The second kappa shape index (κ2) is 4.06. The molecule has 3 rings (SSSR count). The van der Waals surface area contributed by atoms with Crippen molar-refractivity contribution >= 4 is 21.6 Å². The summed E-state index contributed by atoms with van der Waals surface area (Å²) in [7, 11) is 1.88. The molecule has 0 aliphatic heterocycles. The van der Waals surface area contributed by atoms with Crippen molar-refractivity contribution in [2.24, 2.45) is 7.05 Å². The quantitative estimate of drug-likeness (QED) is 0.702. The predicted molar refractivity (Wildman–Crippen MR) is 70.9 cm³/mol. The molecule has 0 bridgehead atoms. The van der Waals surface area contributed by atoms with Crippen LogP contribution in [-0.4, -0.2) is 19.3 Å². The van der Waals surface area contributed by atoms with Gasteiger partial charge in [-0.25, -0.2) is 4.98 Å². The second-order valence-corrected chi connectivity index (χ2v) is 5.13. The fourth-order valence-electron chi connectivity index (χ4n) is 1.98. The molecule has 3 aromatic rings. The van der Waals surface area contributed by atoms with Crippen LogP contribution >= 0.6 is 11.3 Å². The zero-order valence-electron chi connectivity index (χ0n) is 10.1. The molecule has 18 heavy (non-hydrogen) atoms. The van der Waals surface area contributed by atoms with E-state index in [0.29, 0.717) is 11.2 Å². The van der Waals surface area contributed by atoms with Gasteiger partial charge in [-0.05, 0) is 24.4 Å². The van der Waals surface area contributed by atoms with Crippen LogP contribution in [0.5, 0.6) is 0 Å². The predicted octanol–water partition coefficient (Wildman–Crippen LogP) is 1.55. The van der Waals surface area contributed by atoms with Crippen molar-refractivity contribution in [1.29, 1.82) is 0 Å². The van der Waals surface area contributed by atoms with E-state index in [4.69, 9.17) is 0 Å². The lowest BCUT2D eigenvalue weighted by atomic mass is 10.3. The van der Waals surface area contributed by atoms with Crippen LogP contribution in [0.2, 0.25) is 0 Å². The van der Waals surface area contributed by atoms with Crippen molar-refractivity contribution in [3.05, 3.63) is 45.6 Å². The molecule has 0 aromatic carbocycles. The summed E-state index contributed by atoms with van der Waals surface area (Å²) in [6, 6.07) is 3.84. The van der Waals surface area contributed by atoms with E-state index in [-0.39, 0.29) is 5.56 Å². The van der Waals surface area contributed by atoms with Gasteiger partial charge in [0.2, 0.25) is 0 Å². The van der Waals surface area contributed by atoms with Crippen LogP contribution in [0.15, 0.2) is 28.6 Å². The minimum atomic E-state index is 0.00820. The van der Waals surface area contributed by atoms with Crippen molar-refractivity contribution < 1.29 is 0 Å². The summed E-state index contributed by atoms with van der Waals surface area (Å²) in [6.07, 6.45) is 1.60. The van der Waals surface area contributed by atoms with Gasteiger partial charge in [0.15, 0.2) is 0 Å². The summed E-state index contributed by atoms with van der Waals surface area (Å²) in [6.45, 7) is 2.43. The van der Waals surface area contributed by atoms with Crippen LogP contribution in [-0.2, 0) is 13.6 Å². The van der Waals surface area contributed by atoms with Gasteiger partial charge in [-0.3, -0.25) is 14.0 Å². The summed E-state index contributed by atoms with van der Waals surface area (Å²) < 4.78 is 4.12. The Morgan fingerprint density at radius 2 is 2.28 bits per heavy atom. The third kappa shape index (κ3) is 1.74. The van der Waals surface area contributed by atoms with Crippen molar-refractivity contribution in [3.63, 3.8) is 0 Å². The average molecular weight is 260 g/mol. The Hall–Kier alpha value is -1.95. The molecule has 0 amide bonds. The Morgan fingerprint density at radius 3 is 3.00 bits per heavy atom. The molecule has 0 spiro atoms. The summed E-state index contributed by atoms with van der Waals surface area (Å²) in [5.74, 6) is 0. The third-order valence-electron chi connectivity index (χ3n) is 2.87. The Kier molecular flexibility index (Phi) is 2.52. The second-order valence-electron chi connectivity index (χ2n) is 4.21. The lowest BCUT2D eigenvalue weighted by molar-refractivity contribution is 0.648. The van der Waals surface area contributed by atoms with Gasteiger partial charge in [0.05, 0.1) is 29.8 Å². The summed E-state index contributed by atoms with van der Waals surface area (Å²) in [4.78, 5) is 16.5. The lowest BCUT2D eigenvalue weighted by Gasteiger charge is -2.05. The minimum Gasteiger partial charge on any atom is -0.292 e.